The van der Waals surface area contributed by atoms with Gasteiger partial charge in [-0.3, -0.25) is 0 Å². The molecular formula is C14H22N4. The Balaban J connectivity index is 2.69. The van der Waals surface area contributed by atoms with Gasteiger partial charge in [0.25, 0.3) is 0 Å². The predicted octanol–water partition coefficient (Wildman–Crippen LogP) is 2.26. The molecule has 0 bridgehead atoms. The monoisotopic (exact) mass is 246 g/mol. The average Bonchev–Trinajstić information content (AvgIpc) is 2.24. The SMILES string of the molecule is Cc1cc(C#N)cc(NCC(C)(C)CN(C)C)n1. The van der Waals surface area contributed by atoms with Crippen molar-refractivity contribution in [2.24, 2.45) is 5.41 Å². The molecule has 0 aliphatic rings. The lowest BCUT2D eigenvalue weighted by molar-refractivity contribution is 0.254. The van der Waals surface area contributed by atoms with Crippen LogP contribution in [-0.4, -0.2) is 37.1 Å². The molecule has 0 aliphatic heterocycles. The molecule has 0 atom stereocenters. The van der Waals surface area contributed by atoms with Gasteiger partial charge in [0.15, 0.2) is 0 Å². The molecule has 1 heterocycles. The van der Waals surface area contributed by atoms with E-state index in [4.69, 9.17) is 5.26 Å². The fourth-order valence-electron chi connectivity index (χ4n) is 2.07. The van der Waals surface area contributed by atoms with E-state index in [1.807, 2.05) is 6.92 Å². The number of nitriles is 1. The molecule has 4 nitrogen and oxygen atoms in total. The third kappa shape index (κ3) is 4.72. The summed E-state index contributed by atoms with van der Waals surface area (Å²) in [4.78, 5) is 6.56. The topological polar surface area (TPSA) is 52.0 Å². The Kier molecular flexibility index (Phi) is 4.69. The van der Waals surface area contributed by atoms with E-state index >= 15 is 0 Å². The molecule has 0 amide bonds. The van der Waals surface area contributed by atoms with Crippen molar-refractivity contribution in [1.29, 1.82) is 5.26 Å². The van der Waals surface area contributed by atoms with Gasteiger partial charge in [-0.05, 0) is 38.6 Å². The molecule has 0 fully saturated rings. The van der Waals surface area contributed by atoms with Crippen LogP contribution in [0.5, 0.6) is 0 Å². The molecule has 1 aromatic heterocycles. The maximum absolute atomic E-state index is 8.92. The summed E-state index contributed by atoms with van der Waals surface area (Å²) in [6.07, 6.45) is 0. The third-order valence-corrected chi connectivity index (χ3v) is 2.57. The normalized spacial score (nSPS) is 11.4. The number of hydrogen-bond donors (Lipinski definition) is 1. The zero-order valence-electron chi connectivity index (χ0n) is 11.9. The van der Waals surface area contributed by atoms with Crippen LogP contribution in [0.15, 0.2) is 12.1 Å². The molecule has 1 aromatic rings. The molecular weight excluding hydrogens is 224 g/mol. The minimum Gasteiger partial charge on any atom is -0.369 e. The van der Waals surface area contributed by atoms with Crippen LogP contribution in [0.4, 0.5) is 5.82 Å². The number of anilines is 1. The minimum atomic E-state index is 0.154. The Morgan fingerprint density at radius 1 is 1.39 bits per heavy atom. The summed E-state index contributed by atoms with van der Waals surface area (Å²) in [7, 11) is 4.14. The number of nitrogens with zero attached hydrogens (tertiary/aromatic N) is 3. The summed E-state index contributed by atoms with van der Waals surface area (Å²) in [5, 5.41) is 12.2. The van der Waals surface area contributed by atoms with Crippen LogP contribution in [0.2, 0.25) is 0 Å². The first-order valence-corrected chi connectivity index (χ1v) is 6.10. The summed E-state index contributed by atoms with van der Waals surface area (Å²) in [6, 6.07) is 5.73. The van der Waals surface area contributed by atoms with E-state index < -0.39 is 0 Å². The van der Waals surface area contributed by atoms with E-state index in [-0.39, 0.29) is 5.41 Å². The lowest BCUT2D eigenvalue weighted by atomic mass is 9.93. The Hall–Kier alpha value is -1.60. The maximum Gasteiger partial charge on any atom is 0.127 e. The second kappa shape index (κ2) is 5.83. The lowest BCUT2D eigenvalue weighted by Crippen LogP contribution is -2.34. The van der Waals surface area contributed by atoms with Gasteiger partial charge in [-0.1, -0.05) is 13.8 Å². The summed E-state index contributed by atoms with van der Waals surface area (Å²) < 4.78 is 0. The van der Waals surface area contributed by atoms with Gasteiger partial charge in [0.2, 0.25) is 0 Å². The predicted molar refractivity (Wildman–Crippen MR) is 74.5 cm³/mol. The summed E-state index contributed by atoms with van der Waals surface area (Å²) in [5.74, 6) is 0.776. The molecule has 0 spiro atoms. The molecule has 0 saturated carbocycles. The Morgan fingerprint density at radius 2 is 2.06 bits per heavy atom. The standard InChI is InChI=1S/C14H22N4/c1-11-6-12(8-15)7-13(17-11)16-9-14(2,3)10-18(4)5/h6-7H,9-10H2,1-5H3,(H,16,17). The van der Waals surface area contributed by atoms with Crippen molar-refractivity contribution < 1.29 is 0 Å². The average molecular weight is 246 g/mol. The highest BCUT2D eigenvalue weighted by Crippen LogP contribution is 2.17. The zero-order chi connectivity index (χ0) is 13.8. The molecule has 0 unspecified atom stereocenters. The van der Waals surface area contributed by atoms with Crippen molar-refractivity contribution >= 4 is 5.82 Å². The molecule has 1 rings (SSSR count). The van der Waals surface area contributed by atoms with Gasteiger partial charge in [-0.15, -0.1) is 0 Å². The maximum atomic E-state index is 8.92. The van der Waals surface area contributed by atoms with Gasteiger partial charge in [-0.25, -0.2) is 4.98 Å². The van der Waals surface area contributed by atoms with Gasteiger partial charge in [0.1, 0.15) is 5.82 Å². The van der Waals surface area contributed by atoms with E-state index in [1.165, 1.54) is 0 Å². The van der Waals surface area contributed by atoms with Crippen LogP contribution < -0.4 is 5.32 Å². The van der Waals surface area contributed by atoms with Crippen molar-refractivity contribution in [2.75, 3.05) is 32.5 Å². The second-order valence-electron chi connectivity index (χ2n) is 5.75. The Labute approximate surface area is 110 Å². The van der Waals surface area contributed by atoms with Crippen molar-refractivity contribution in [2.45, 2.75) is 20.8 Å². The van der Waals surface area contributed by atoms with Crippen LogP contribution >= 0.6 is 0 Å². The smallest absolute Gasteiger partial charge is 0.127 e. The van der Waals surface area contributed by atoms with E-state index in [0.717, 1.165) is 24.6 Å². The van der Waals surface area contributed by atoms with E-state index in [2.05, 4.69) is 49.2 Å². The first-order chi connectivity index (χ1) is 8.32. The number of nitrogens with one attached hydrogen (secondary N) is 1. The largest absolute Gasteiger partial charge is 0.369 e. The molecule has 18 heavy (non-hydrogen) atoms. The van der Waals surface area contributed by atoms with Gasteiger partial charge in [0.05, 0.1) is 11.6 Å². The summed E-state index contributed by atoms with van der Waals surface area (Å²) in [5.41, 5.74) is 1.67. The molecule has 98 valence electrons. The number of rotatable bonds is 5. The molecule has 0 radical (unpaired) electrons. The highest BCUT2D eigenvalue weighted by Gasteiger charge is 2.18. The Morgan fingerprint density at radius 3 is 2.61 bits per heavy atom. The Bertz CT molecular complexity index is 444. The van der Waals surface area contributed by atoms with Crippen molar-refractivity contribution in [3.05, 3.63) is 23.4 Å². The van der Waals surface area contributed by atoms with Gasteiger partial charge in [-0.2, -0.15) is 5.26 Å². The van der Waals surface area contributed by atoms with Gasteiger partial charge < -0.3 is 10.2 Å². The number of hydrogen-bond acceptors (Lipinski definition) is 4. The van der Waals surface area contributed by atoms with Crippen LogP contribution in [0.25, 0.3) is 0 Å². The summed E-state index contributed by atoms with van der Waals surface area (Å²) in [6.45, 7) is 8.14. The highest BCUT2D eigenvalue weighted by atomic mass is 15.1. The number of aromatic nitrogens is 1. The van der Waals surface area contributed by atoms with Crippen molar-refractivity contribution in [1.82, 2.24) is 9.88 Å². The van der Waals surface area contributed by atoms with Gasteiger partial charge in [0, 0.05) is 18.8 Å². The van der Waals surface area contributed by atoms with E-state index in [9.17, 15) is 0 Å². The quantitative estimate of drug-likeness (QED) is 0.866. The lowest BCUT2D eigenvalue weighted by Gasteiger charge is -2.28. The molecule has 0 aliphatic carbocycles. The number of aryl methyl sites for hydroxylation is 1. The van der Waals surface area contributed by atoms with Crippen LogP contribution in [-0.2, 0) is 0 Å². The highest BCUT2D eigenvalue weighted by molar-refractivity contribution is 5.44. The molecule has 4 heteroatoms. The van der Waals surface area contributed by atoms with Crippen LogP contribution in [0.3, 0.4) is 0 Å². The molecule has 1 N–H and O–H groups in total. The molecule has 0 saturated heterocycles. The molecule has 0 aromatic carbocycles. The minimum absolute atomic E-state index is 0.154. The van der Waals surface area contributed by atoms with Gasteiger partial charge >= 0.3 is 0 Å². The van der Waals surface area contributed by atoms with E-state index in [1.54, 1.807) is 12.1 Å². The van der Waals surface area contributed by atoms with E-state index in [0.29, 0.717) is 5.56 Å². The van der Waals surface area contributed by atoms with Crippen LogP contribution in [0, 0.1) is 23.7 Å². The fourth-order valence-corrected chi connectivity index (χ4v) is 2.07. The summed E-state index contributed by atoms with van der Waals surface area (Å²) >= 11 is 0. The van der Waals surface area contributed by atoms with Crippen LogP contribution in [0.1, 0.15) is 25.1 Å². The second-order valence-corrected chi connectivity index (χ2v) is 5.75. The first kappa shape index (κ1) is 14.5. The third-order valence-electron chi connectivity index (χ3n) is 2.57. The van der Waals surface area contributed by atoms with Crippen molar-refractivity contribution in [3.8, 4) is 6.07 Å². The number of pyridine rings is 1. The first-order valence-electron chi connectivity index (χ1n) is 6.10. The fraction of sp³-hybridized carbons (Fsp3) is 0.571. The zero-order valence-corrected chi connectivity index (χ0v) is 11.9. The van der Waals surface area contributed by atoms with Crippen molar-refractivity contribution in [3.63, 3.8) is 0 Å².